The summed E-state index contributed by atoms with van der Waals surface area (Å²) in [6.07, 6.45) is 3.46. The van der Waals surface area contributed by atoms with Crippen LogP contribution in [0.5, 0.6) is 0 Å². The number of nitrogens with zero attached hydrogens (tertiary/aromatic N) is 1. The van der Waals surface area contributed by atoms with Crippen molar-refractivity contribution in [3.05, 3.63) is 30.2 Å². The lowest BCUT2D eigenvalue weighted by Crippen LogP contribution is -2.15. The smallest absolute Gasteiger partial charge is 0.240 e. The second kappa shape index (κ2) is 4.83. The van der Waals surface area contributed by atoms with Gasteiger partial charge in [0.05, 0.1) is 6.10 Å². The molecule has 7 heteroatoms. The van der Waals surface area contributed by atoms with Gasteiger partial charge in [0, 0.05) is 30.3 Å². The van der Waals surface area contributed by atoms with E-state index in [0.29, 0.717) is 17.4 Å². The van der Waals surface area contributed by atoms with Crippen LogP contribution in [0.1, 0.15) is 12.8 Å². The number of halogens is 1. The maximum absolute atomic E-state index is 13.3. The largest absolute Gasteiger partial charge is 0.376 e. The first-order valence-corrected chi connectivity index (χ1v) is 7.92. The molecule has 1 aromatic carbocycles. The number of ether oxygens (including phenoxy) is 1. The average Bonchev–Trinajstić information content (AvgIpc) is 2.97. The van der Waals surface area contributed by atoms with E-state index in [4.69, 9.17) is 9.88 Å². The van der Waals surface area contributed by atoms with Gasteiger partial charge in [-0.2, -0.15) is 0 Å². The van der Waals surface area contributed by atoms with E-state index >= 15 is 0 Å². The molecule has 20 heavy (non-hydrogen) atoms. The van der Waals surface area contributed by atoms with E-state index in [1.165, 1.54) is 18.3 Å². The number of hydrogen-bond acceptors (Lipinski definition) is 3. The molecule has 1 atom stereocenters. The van der Waals surface area contributed by atoms with Crippen LogP contribution in [0, 0.1) is 5.82 Å². The molecule has 0 spiro atoms. The summed E-state index contributed by atoms with van der Waals surface area (Å²) >= 11 is 0. The van der Waals surface area contributed by atoms with Crippen LogP contribution in [-0.2, 0) is 21.3 Å². The number of benzene rings is 1. The second-order valence-electron chi connectivity index (χ2n) is 4.99. The zero-order valence-electron chi connectivity index (χ0n) is 10.8. The van der Waals surface area contributed by atoms with Crippen molar-refractivity contribution in [2.45, 2.75) is 30.4 Å². The fourth-order valence-electron chi connectivity index (χ4n) is 2.62. The van der Waals surface area contributed by atoms with Crippen LogP contribution in [-0.4, -0.2) is 25.7 Å². The number of hydrogen-bond donors (Lipinski definition) is 1. The van der Waals surface area contributed by atoms with E-state index in [2.05, 4.69) is 0 Å². The van der Waals surface area contributed by atoms with Gasteiger partial charge in [-0.05, 0) is 31.0 Å². The molecular weight excluding hydrogens is 283 g/mol. The quantitative estimate of drug-likeness (QED) is 0.935. The van der Waals surface area contributed by atoms with E-state index in [1.807, 2.05) is 0 Å². The predicted molar refractivity (Wildman–Crippen MR) is 72.2 cm³/mol. The Balaban J connectivity index is 2.12. The summed E-state index contributed by atoms with van der Waals surface area (Å²) in [7, 11) is -3.89. The molecule has 1 fully saturated rings. The highest BCUT2D eigenvalue weighted by molar-refractivity contribution is 7.89. The molecule has 0 bridgehead atoms. The van der Waals surface area contributed by atoms with Crippen LogP contribution in [0.25, 0.3) is 10.9 Å². The third-order valence-electron chi connectivity index (χ3n) is 3.54. The van der Waals surface area contributed by atoms with Crippen LogP contribution in [0.2, 0.25) is 0 Å². The van der Waals surface area contributed by atoms with Crippen molar-refractivity contribution in [1.82, 2.24) is 4.57 Å². The van der Waals surface area contributed by atoms with Gasteiger partial charge in [0.15, 0.2) is 0 Å². The Morgan fingerprint density at radius 3 is 2.90 bits per heavy atom. The molecule has 2 N–H and O–H groups in total. The highest BCUT2D eigenvalue weighted by atomic mass is 32.2. The van der Waals surface area contributed by atoms with Crippen molar-refractivity contribution in [2.75, 3.05) is 6.61 Å². The van der Waals surface area contributed by atoms with E-state index in [-0.39, 0.29) is 11.0 Å². The summed E-state index contributed by atoms with van der Waals surface area (Å²) < 4.78 is 43.9. The predicted octanol–water partition coefficient (Wildman–Crippen LogP) is 1.61. The van der Waals surface area contributed by atoms with Crippen LogP contribution in [0.15, 0.2) is 29.3 Å². The first kappa shape index (κ1) is 13.5. The van der Waals surface area contributed by atoms with Gasteiger partial charge in [0.25, 0.3) is 0 Å². The van der Waals surface area contributed by atoms with Crippen molar-refractivity contribution in [2.24, 2.45) is 5.14 Å². The van der Waals surface area contributed by atoms with Crippen molar-refractivity contribution < 1.29 is 17.5 Å². The van der Waals surface area contributed by atoms with Crippen molar-refractivity contribution >= 4 is 20.9 Å². The lowest BCUT2D eigenvalue weighted by molar-refractivity contribution is 0.0979. The Morgan fingerprint density at radius 1 is 1.45 bits per heavy atom. The third kappa shape index (κ3) is 2.44. The molecule has 0 saturated carbocycles. The number of aromatic nitrogens is 1. The first-order chi connectivity index (χ1) is 9.45. The number of nitrogens with two attached hydrogens (primary N) is 1. The Bertz CT molecular complexity index is 748. The topological polar surface area (TPSA) is 74.3 Å². The van der Waals surface area contributed by atoms with E-state index < -0.39 is 15.8 Å². The molecule has 0 aliphatic carbocycles. The molecule has 1 aliphatic rings. The fourth-order valence-corrected chi connectivity index (χ4v) is 3.37. The van der Waals surface area contributed by atoms with Crippen LogP contribution < -0.4 is 5.14 Å². The molecule has 2 heterocycles. The van der Waals surface area contributed by atoms with Crippen LogP contribution in [0.4, 0.5) is 4.39 Å². The Morgan fingerprint density at radius 2 is 2.25 bits per heavy atom. The minimum Gasteiger partial charge on any atom is -0.376 e. The van der Waals surface area contributed by atoms with Gasteiger partial charge in [-0.15, -0.1) is 0 Å². The van der Waals surface area contributed by atoms with Crippen LogP contribution >= 0.6 is 0 Å². The summed E-state index contributed by atoms with van der Waals surface area (Å²) in [4.78, 5) is -0.0509. The Hall–Kier alpha value is -1.44. The summed E-state index contributed by atoms with van der Waals surface area (Å²) in [5, 5.41) is 5.51. The van der Waals surface area contributed by atoms with E-state index in [1.54, 1.807) is 10.6 Å². The SMILES string of the molecule is NS(=O)(=O)c1cn(CC2CCCO2)c2ccc(F)cc12. The molecule has 0 radical (unpaired) electrons. The third-order valence-corrected chi connectivity index (χ3v) is 4.48. The molecule has 5 nitrogen and oxygen atoms in total. The molecule has 2 aromatic rings. The highest BCUT2D eigenvalue weighted by Gasteiger charge is 2.21. The van der Waals surface area contributed by atoms with E-state index in [0.717, 1.165) is 19.4 Å². The van der Waals surface area contributed by atoms with Gasteiger partial charge >= 0.3 is 0 Å². The minimum absolute atomic E-state index is 0.0509. The number of sulfonamides is 1. The van der Waals surface area contributed by atoms with Crippen molar-refractivity contribution in [1.29, 1.82) is 0 Å². The molecule has 3 rings (SSSR count). The lowest BCUT2D eigenvalue weighted by Gasteiger charge is -2.11. The maximum atomic E-state index is 13.3. The molecular formula is C13H15FN2O3S. The first-order valence-electron chi connectivity index (χ1n) is 6.38. The monoisotopic (exact) mass is 298 g/mol. The van der Waals surface area contributed by atoms with Gasteiger partial charge in [-0.25, -0.2) is 17.9 Å². The Labute approximate surface area is 116 Å². The highest BCUT2D eigenvalue weighted by Crippen LogP contribution is 2.27. The molecule has 1 saturated heterocycles. The fraction of sp³-hybridized carbons (Fsp3) is 0.385. The van der Waals surface area contributed by atoms with Gasteiger partial charge in [0.2, 0.25) is 10.0 Å². The van der Waals surface area contributed by atoms with Gasteiger partial charge in [0.1, 0.15) is 10.7 Å². The summed E-state index contributed by atoms with van der Waals surface area (Å²) in [6.45, 7) is 1.26. The minimum atomic E-state index is -3.89. The van der Waals surface area contributed by atoms with Crippen LogP contribution in [0.3, 0.4) is 0 Å². The maximum Gasteiger partial charge on any atom is 0.240 e. The Kier molecular flexibility index (Phi) is 3.27. The summed E-state index contributed by atoms with van der Waals surface area (Å²) in [5.41, 5.74) is 0.644. The van der Waals surface area contributed by atoms with E-state index in [9.17, 15) is 12.8 Å². The standard InChI is InChI=1S/C13H15FN2O3S/c14-9-3-4-12-11(6-9)13(20(15,17)18)8-16(12)7-10-2-1-5-19-10/h3-4,6,8,10H,1-2,5,7H2,(H2,15,17,18). The number of primary sulfonamides is 1. The number of rotatable bonds is 3. The van der Waals surface area contributed by atoms with Crippen molar-refractivity contribution in [3.8, 4) is 0 Å². The van der Waals surface area contributed by atoms with Crippen molar-refractivity contribution in [3.63, 3.8) is 0 Å². The lowest BCUT2D eigenvalue weighted by atomic mass is 10.2. The van der Waals surface area contributed by atoms with Gasteiger partial charge in [-0.1, -0.05) is 0 Å². The van der Waals surface area contributed by atoms with Gasteiger partial charge in [-0.3, -0.25) is 0 Å². The molecule has 1 unspecified atom stereocenters. The summed E-state index contributed by atoms with van der Waals surface area (Å²) in [5.74, 6) is -0.489. The summed E-state index contributed by atoms with van der Waals surface area (Å²) in [6, 6.07) is 4.07. The normalized spacial score (nSPS) is 19.8. The second-order valence-corrected chi connectivity index (χ2v) is 6.52. The number of fused-ring (bicyclic) bond motifs is 1. The molecule has 108 valence electrons. The molecule has 1 aliphatic heterocycles. The zero-order valence-corrected chi connectivity index (χ0v) is 11.6. The molecule has 1 aromatic heterocycles. The van der Waals surface area contributed by atoms with Gasteiger partial charge < -0.3 is 9.30 Å². The zero-order chi connectivity index (χ0) is 14.3. The molecule has 0 amide bonds. The average molecular weight is 298 g/mol.